The van der Waals surface area contributed by atoms with E-state index in [2.05, 4.69) is 39.1 Å². The van der Waals surface area contributed by atoms with Crippen LogP contribution in [0.25, 0.3) is 0 Å². The average molecular weight is 293 g/mol. The summed E-state index contributed by atoms with van der Waals surface area (Å²) in [5, 5.41) is 0. The van der Waals surface area contributed by atoms with Gasteiger partial charge in [-0.05, 0) is 61.3 Å². The van der Waals surface area contributed by atoms with Crippen LogP contribution in [0, 0.1) is 17.8 Å². The molecule has 2 fully saturated rings. The summed E-state index contributed by atoms with van der Waals surface area (Å²) < 4.78 is 0. The van der Waals surface area contributed by atoms with Crippen molar-refractivity contribution < 1.29 is 0 Å². The minimum atomic E-state index is 0.814. The van der Waals surface area contributed by atoms with Crippen molar-refractivity contribution in [2.75, 3.05) is 13.1 Å². The lowest BCUT2D eigenvalue weighted by atomic mass is 9.89. The third-order valence-corrected chi connectivity index (χ3v) is 5.39. The first kappa shape index (κ1) is 13.9. The van der Waals surface area contributed by atoms with Crippen molar-refractivity contribution in [2.24, 2.45) is 17.8 Å². The monoisotopic (exact) mass is 293 g/mol. The van der Waals surface area contributed by atoms with E-state index in [0.29, 0.717) is 0 Å². The van der Waals surface area contributed by atoms with Gasteiger partial charge in [-0.1, -0.05) is 12.1 Å². The van der Waals surface area contributed by atoms with Crippen molar-refractivity contribution in [1.82, 2.24) is 14.9 Å². The van der Waals surface area contributed by atoms with E-state index in [1.54, 1.807) is 0 Å². The van der Waals surface area contributed by atoms with Crippen molar-refractivity contribution in [3.8, 4) is 0 Å². The van der Waals surface area contributed by atoms with Crippen LogP contribution in [0.15, 0.2) is 48.8 Å². The molecule has 0 spiro atoms. The number of nitrogens with zero attached hydrogens (tertiary/aromatic N) is 3. The molecular formula is C19H23N3. The van der Waals surface area contributed by atoms with Gasteiger partial charge in [-0.25, -0.2) is 0 Å². The van der Waals surface area contributed by atoms with Crippen molar-refractivity contribution in [2.45, 2.75) is 25.8 Å². The largest absolute Gasteiger partial charge is 0.297 e. The van der Waals surface area contributed by atoms with Gasteiger partial charge in [-0.3, -0.25) is 14.9 Å². The summed E-state index contributed by atoms with van der Waals surface area (Å²) in [4.78, 5) is 11.6. The Balaban J connectivity index is 1.39. The van der Waals surface area contributed by atoms with E-state index in [1.807, 2.05) is 24.5 Å². The van der Waals surface area contributed by atoms with Gasteiger partial charge < -0.3 is 0 Å². The molecule has 2 aromatic rings. The van der Waals surface area contributed by atoms with Crippen LogP contribution in [0.5, 0.6) is 0 Å². The van der Waals surface area contributed by atoms with Gasteiger partial charge in [0.25, 0.3) is 0 Å². The Bertz CT molecular complexity index is 599. The van der Waals surface area contributed by atoms with Gasteiger partial charge in [0.1, 0.15) is 0 Å². The molecule has 0 radical (unpaired) electrons. The van der Waals surface area contributed by atoms with Crippen LogP contribution in [0.4, 0.5) is 0 Å². The summed E-state index contributed by atoms with van der Waals surface area (Å²) in [6.45, 7) is 3.49. The first-order valence-electron chi connectivity index (χ1n) is 8.40. The van der Waals surface area contributed by atoms with Crippen LogP contribution < -0.4 is 0 Å². The highest BCUT2D eigenvalue weighted by molar-refractivity contribution is 5.08. The van der Waals surface area contributed by atoms with Crippen LogP contribution in [0.1, 0.15) is 24.2 Å². The van der Waals surface area contributed by atoms with Crippen molar-refractivity contribution in [1.29, 1.82) is 0 Å². The highest BCUT2D eigenvalue weighted by atomic mass is 15.2. The smallest absolute Gasteiger partial charge is 0.0543 e. The highest BCUT2D eigenvalue weighted by Crippen LogP contribution is 2.43. The second-order valence-corrected chi connectivity index (χ2v) is 6.80. The normalized spacial score (nSPS) is 27.9. The molecule has 0 aromatic carbocycles. The van der Waals surface area contributed by atoms with Crippen molar-refractivity contribution in [3.63, 3.8) is 0 Å². The molecule has 1 saturated carbocycles. The van der Waals surface area contributed by atoms with Gasteiger partial charge in [0.15, 0.2) is 0 Å². The fourth-order valence-corrected chi connectivity index (χ4v) is 4.36. The number of hydrogen-bond donors (Lipinski definition) is 0. The van der Waals surface area contributed by atoms with Crippen LogP contribution in [0.2, 0.25) is 0 Å². The maximum Gasteiger partial charge on any atom is 0.0543 e. The molecule has 0 bridgehead atoms. The molecule has 1 aliphatic carbocycles. The van der Waals surface area contributed by atoms with E-state index in [4.69, 9.17) is 0 Å². The maximum absolute atomic E-state index is 4.52. The quantitative estimate of drug-likeness (QED) is 0.867. The zero-order valence-electron chi connectivity index (χ0n) is 12.9. The zero-order chi connectivity index (χ0) is 14.8. The Hall–Kier alpha value is -1.74. The van der Waals surface area contributed by atoms with Crippen LogP contribution in [0.3, 0.4) is 0 Å². The molecule has 3 heterocycles. The molecule has 1 saturated heterocycles. The van der Waals surface area contributed by atoms with Crippen LogP contribution in [-0.2, 0) is 13.0 Å². The molecule has 2 aromatic heterocycles. The molecule has 1 aliphatic heterocycles. The Morgan fingerprint density at radius 3 is 2.41 bits per heavy atom. The number of rotatable bonds is 4. The van der Waals surface area contributed by atoms with Gasteiger partial charge in [-0.15, -0.1) is 0 Å². The molecule has 4 rings (SSSR count). The fourth-order valence-electron chi connectivity index (χ4n) is 4.36. The number of aromatic nitrogens is 2. The third kappa shape index (κ3) is 2.91. The van der Waals surface area contributed by atoms with Crippen LogP contribution >= 0.6 is 0 Å². The van der Waals surface area contributed by atoms with E-state index in [0.717, 1.165) is 30.7 Å². The molecule has 22 heavy (non-hydrogen) atoms. The number of fused-ring (bicyclic) bond motifs is 1. The molecule has 0 unspecified atom stereocenters. The molecule has 2 aliphatic rings. The molecule has 3 nitrogen and oxygen atoms in total. The topological polar surface area (TPSA) is 29.0 Å². The summed E-state index contributed by atoms with van der Waals surface area (Å²) in [5.41, 5.74) is 2.46. The average Bonchev–Trinajstić information content (AvgIpc) is 3.11. The lowest BCUT2D eigenvalue weighted by Gasteiger charge is -2.20. The fraction of sp³-hybridized carbons (Fsp3) is 0.474. The Morgan fingerprint density at radius 2 is 1.68 bits per heavy atom. The lowest BCUT2D eigenvalue weighted by molar-refractivity contribution is 0.278. The Morgan fingerprint density at radius 1 is 0.909 bits per heavy atom. The molecule has 3 atom stereocenters. The summed E-state index contributed by atoms with van der Waals surface area (Å²) in [6.07, 6.45) is 7.74. The van der Waals surface area contributed by atoms with E-state index in [-0.39, 0.29) is 0 Å². The highest BCUT2D eigenvalue weighted by Gasteiger charge is 2.42. The van der Waals surface area contributed by atoms with Gasteiger partial charge in [0.2, 0.25) is 0 Å². The van der Waals surface area contributed by atoms with Crippen LogP contribution in [-0.4, -0.2) is 28.0 Å². The minimum Gasteiger partial charge on any atom is -0.297 e. The van der Waals surface area contributed by atoms with E-state index in [9.17, 15) is 0 Å². The first-order valence-corrected chi connectivity index (χ1v) is 8.40. The zero-order valence-corrected chi connectivity index (χ0v) is 12.9. The minimum absolute atomic E-state index is 0.814. The van der Waals surface area contributed by atoms with Gasteiger partial charge in [0.05, 0.1) is 5.69 Å². The van der Waals surface area contributed by atoms with Crippen molar-refractivity contribution >= 4 is 0 Å². The van der Waals surface area contributed by atoms with Gasteiger partial charge >= 0.3 is 0 Å². The summed E-state index contributed by atoms with van der Waals surface area (Å²) in [6, 6.07) is 12.5. The maximum atomic E-state index is 4.52. The number of pyridine rings is 2. The van der Waals surface area contributed by atoms with Gasteiger partial charge in [0, 0.05) is 37.7 Å². The summed E-state index contributed by atoms with van der Waals surface area (Å²) in [7, 11) is 0. The molecule has 114 valence electrons. The standard InChI is InChI=1S/C19H23N3/c1-3-9-20-17(5-1)11-15-7-8-16-12-22(14-19(15)16)13-18-6-2-4-10-21-18/h1-6,9-10,15-16,19H,7-8,11-14H2/t15-,16-,19-/m1/s1. The second-order valence-electron chi connectivity index (χ2n) is 6.80. The predicted molar refractivity (Wildman–Crippen MR) is 87.2 cm³/mol. The molecule has 0 N–H and O–H groups in total. The number of likely N-dealkylation sites (tertiary alicyclic amines) is 1. The predicted octanol–water partition coefficient (Wildman–Crippen LogP) is 3.18. The van der Waals surface area contributed by atoms with Crippen molar-refractivity contribution in [3.05, 3.63) is 60.2 Å². The summed E-state index contributed by atoms with van der Waals surface area (Å²) >= 11 is 0. The second kappa shape index (κ2) is 6.17. The van der Waals surface area contributed by atoms with Gasteiger partial charge in [-0.2, -0.15) is 0 Å². The molecule has 3 heteroatoms. The first-order chi connectivity index (χ1) is 10.9. The SMILES string of the molecule is c1ccc(C[C@H]2CC[C@@H]3CN(Cc4ccccn4)C[C@H]23)nc1. The third-order valence-electron chi connectivity index (χ3n) is 5.39. The summed E-state index contributed by atoms with van der Waals surface area (Å²) in [5.74, 6) is 2.55. The molecule has 0 amide bonds. The van der Waals surface area contributed by atoms with E-state index < -0.39 is 0 Å². The Labute approximate surface area is 132 Å². The van der Waals surface area contributed by atoms with E-state index in [1.165, 1.54) is 37.3 Å². The lowest BCUT2D eigenvalue weighted by Crippen LogP contribution is -2.23. The number of hydrogen-bond acceptors (Lipinski definition) is 3. The van der Waals surface area contributed by atoms with E-state index >= 15 is 0 Å². The molecular weight excluding hydrogens is 270 g/mol. The Kier molecular flexibility index (Phi) is 3.90.